The Morgan fingerprint density at radius 2 is 2.55 bits per heavy atom. The van der Waals surface area contributed by atoms with Crippen molar-refractivity contribution in [3.8, 4) is 0 Å². The van der Waals surface area contributed by atoms with E-state index in [0.29, 0.717) is 18.8 Å². The van der Waals surface area contributed by atoms with Crippen LogP contribution in [-0.2, 0) is 4.74 Å². The van der Waals surface area contributed by atoms with E-state index in [0.717, 1.165) is 23.3 Å². The van der Waals surface area contributed by atoms with E-state index in [9.17, 15) is 4.79 Å². The number of nitrogens with zero attached hydrogens (tertiary/aromatic N) is 2. The lowest BCUT2D eigenvalue weighted by Gasteiger charge is -2.23. The fraction of sp³-hybridized carbons (Fsp3) is 0.385. The summed E-state index contributed by atoms with van der Waals surface area (Å²) >= 11 is 3.39. The van der Waals surface area contributed by atoms with Crippen molar-refractivity contribution in [1.29, 1.82) is 0 Å². The zero-order valence-electron chi connectivity index (χ0n) is 10.8. The molecule has 1 aliphatic rings. The SMILES string of the molecule is O=C(NC[C@H]1COCCN1)c1cn2ccc(Br)cc2n1. The van der Waals surface area contributed by atoms with Crippen molar-refractivity contribution in [2.45, 2.75) is 6.04 Å². The predicted octanol–water partition coefficient (Wildman–Crippen LogP) is 0.815. The number of carbonyl (C=O) groups excluding carboxylic acids is 1. The maximum Gasteiger partial charge on any atom is 0.271 e. The molecule has 0 saturated carbocycles. The summed E-state index contributed by atoms with van der Waals surface area (Å²) in [5, 5.41) is 6.16. The molecule has 7 heteroatoms. The molecule has 2 aromatic heterocycles. The molecule has 3 rings (SSSR count). The van der Waals surface area contributed by atoms with Crippen molar-refractivity contribution in [1.82, 2.24) is 20.0 Å². The number of hydrogen-bond acceptors (Lipinski definition) is 4. The van der Waals surface area contributed by atoms with Gasteiger partial charge in [-0.15, -0.1) is 0 Å². The van der Waals surface area contributed by atoms with Gasteiger partial charge in [-0.3, -0.25) is 4.79 Å². The third kappa shape index (κ3) is 3.00. The maximum atomic E-state index is 12.1. The number of imidazole rings is 1. The zero-order chi connectivity index (χ0) is 13.9. The van der Waals surface area contributed by atoms with Gasteiger partial charge in [0, 0.05) is 36.0 Å². The molecule has 0 bridgehead atoms. The van der Waals surface area contributed by atoms with Crippen LogP contribution in [0.15, 0.2) is 29.0 Å². The van der Waals surface area contributed by atoms with Gasteiger partial charge in [0.2, 0.25) is 0 Å². The highest BCUT2D eigenvalue weighted by Gasteiger charge is 2.16. The highest BCUT2D eigenvalue weighted by atomic mass is 79.9. The monoisotopic (exact) mass is 338 g/mol. The number of halogens is 1. The van der Waals surface area contributed by atoms with E-state index in [1.54, 1.807) is 6.20 Å². The van der Waals surface area contributed by atoms with Gasteiger partial charge in [-0.05, 0) is 12.1 Å². The summed E-state index contributed by atoms with van der Waals surface area (Å²) in [4.78, 5) is 16.4. The van der Waals surface area contributed by atoms with Crippen molar-refractivity contribution in [3.63, 3.8) is 0 Å². The number of morpholine rings is 1. The summed E-state index contributed by atoms with van der Waals surface area (Å²) in [5.41, 5.74) is 1.16. The molecule has 0 spiro atoms. The third-order valence-electron chi connectivity index (χ3n) is 3.16. The summed E-state index contributed by atoms with van der Waals surface area (Å²) in [6.07, 6.45) is 3.58. The molecule has 0 aromatic carbocycles. The van der Waals surface area contributed by atoms with Crippen LogP contribution in [0.3, 0.4) is 0 Å². The maximum absolute atomic E-state index is 12.1. The molecule has 1 atom stereocenters. The number of fused-ring (bicyclic) bond motifs is 1. The third-order valence-corrected chi connectivity index (χ3v) is 3.66. The standard InChI is InChI=1S/C13H15BrN4O2/c14-9-1-3-18-7-11(17-12(18)5-9)13(19)16-6-10-8-20-4-2-15-10/h1,3,5,7,10,15H,2,4,6,8H2,(H,16,19)/t10-/m0/s1. The second-order valence-electron chi connectivity index (χ2n) is 4.67. The lowest BCUT2D eigenvalue weighted by molar-refractivity contribution is 0.0733. The van der Waals surface area contributed by atoms with Crippen LogP contribution in [0.25, 0.3) is 5.65 Å². The number of carbonyl (C=O) groups is 1. The van der Waals surface area contributed by atoms with E-state index in [2.05, 4.69) is 31.5 Å². The van der Waals surface area contributed by atoms with E-state index < -0.39 is 0 Å². The molecule has 2 N–H and O–H groups in total. The van der Waals surface area contributed by atoms with Crippen LogP contribution in [-0.4, -0.2) is 47.6 Å². The predicted molar refractivity (Wildman–Crippen MR) is 77.8 cm³/mol. The second kappa shape index (κ2) is 5.90. The van der Waals surface area contributed by atoms with Gasteiger partial charge in [0.1, 0.15) is 11.3 Å². The zero-order valence-corrected chi connectivity index (χ0v) is 12.4. The Hall–Kier alpha value is -1.44. The molecule has 3 heterocycles. The van der Waals surface area contributed by atoms with Crippen molar-refractivity contribution >= 4 is 27.5 Å². The number of pyridine rings is 1. The van der Waals surface area contributed by atoms with Crippen LogP contribution in [0, 0.1) is 0 Å². The minimum atomic E-state index is -0.169. The average molecular weight is 339 g/mol. The molecule has 6 nitrogen and oxygen atoms in total. The normalized spacial score (nSPS) is 19.1. The van der Waals surface area contributed by atoms with Crippen molar-refractivity contribution in [3.05, 3.63) is 34.7 Å². The Morgan fingerprint density at radius 1 is 1.65 bits per heavy atom. The topological polar surface area (TPSA) is 67.7 Å². The summed E-state index contributed by atoms with van der Waals surface area (Å²) in [5.74, 6) is -0.169. The fourth-order valence-corrected chi connectivity index (χ4v) is 2.45. The largest absolute Gasteiger partial charge is 0.378 e. The molecule has 1 amide bonds. The molecule has 106 valence electrons. The number of hydrogen-bond donors (Lipinski definition) is 2. The van der Waals surface area contributed by atoms with Gasteiger partial charge in [0.25, 0.3) is 5.91 Å². The van der Waals surface area contributed by atoms with Gasteiger partial charge in [-0.2, -0.15) is 0 Å². The molecular weight excluding hydrogens is 324 g/mol. The van der Waals surface area contributed by atoms with Crippen LogP contribution in [0.1, 0.15) is 10.5 Å². The molecule has 1 aliphatic heterocycles. The first-order valence-corrected chi connectivity index (χ1v) is 7.25. The van der Waals surface area contributed by atoms with Gasteiger partial charge in [0.15, 0.2) is 0 Å². The number of rotatable bonds is 3. The van der Waals surface area contributed by atoms with Crippen molar-refractivity contribution < 1.29 is 9.53 Å². The first-order chi connectivity index (χ1) is 9.72. The molecule has 0 radical (unpaired) electrons. The Bertz CT molecular complexity index is 622. The first-order valence-electron chi connectivity index (χ1n) is 6.46. The van der Waals surface area contributed by atoms with Gasteiger partial charge in [0.05, 0.1) is 13.2 Å². The van der Waals surface area contributed by atoms with E-state index in [1.165, 1.54) is 0 Å². The van der Waals surface area contributed by atoms with Gasteiger partial charge >= 0.3 is 0 Å². The summed E-state index contributed by atoms with van der Waals surface area (Å²) in [7, 11) is 0. The number of ether oxygens (including phenoxy) is 1. The quantitative estimate of drug-likeness (QED) is 0.869. The first kappa shape index (κ1) is 13.5. The van der Waals surface area contributed by atoms with E-state index in [4.69, 9.17) is 4.74 Å². The lowest BCUT2D eigenvalue weighted by atomic mass is 10.2. The number of amides is 1. The highest BCUT2D eigenvalue weighted by Crippen LogP contribution is 2.13. The number of aromatic nitrogens is 2. The fourth-order valence-electron chi connectivity index (χ4n) is 2.12. The molecule has 2 aromatic rings. The van der Waals surface area contributed by atoms with E-state index in [1.807, 2.05) is 22.7 Å². The Kier molecular flexibility index (Phi) is 4.00. The van der Waals surface area contributed by atoms with Crippen LogP contribution < -0.4 is 10.6 Å². The van der Waals surface area contributed by atoms with E-state index >= 15 is 0 Å². The minimum Gasteiger partial charge on any atom is -0.378 e. The van der Waals surface area contributed by atoms with Crippen molar-refractivity contribution in [2.24, 2.45) is 0 Å². The van der Waals surface area contributed by atoms with Gasteiger partial charge in [-0.1, -0.05) is 15.9 Å². The van der Waals surface area contributed by atoms with Crippen LogP contribution in [0.4, 0.5) is 0 Å². The average Bonchev–Trinajstić information content (AvgIpc) is 2.89. The molecule has 20 heavy (non-hydrogen) atoms. The van der Waals surface area contributed by atoms with E-state index in [-0.39, 0.29) is 11.9 Å². The molecule has 0 aliphatic carbocycles. The second-order valence-corrected chi connectivity index (χ2v) is 5.59. The Morgan fingerprint density at radius 3 is 3.35 bits per heavy atom. The minimum absolute atomic E-state index is 0.166. The summed E-state index contributed by atoms with van der Waals surface area (Å²) in [6, 6.07) is 3.94. The molecule has 0 unspecified atom stereocenters. The Balaban J connectivity index is 1.65. The summed E-state index contributed by atoms with van der Waals surface area (Å²) < 4.78 is 8.10. The van der Waals surface area contributed by atoms with Crippen LogP contribution >= 0.6 is 15.9 Å². The molecular formula is C13H15BrN4O2. The Labute approximate surface area is 124 Å². The van der Waals surface area contributed by atoms with Gasteiger partial charge < -0.3 is 19.8 Å². The highest BCUT2D eigenvalue weighted by molar-refractivity contribution is 9.10. The summed E-state index contributed by atoms with van der Waals surface area (Å²) in [6.45, 7) is 2.71. The van der Waals surface area contributed by atoms with Crippen LogP contribution in [0.2, 0.25) is 0 Å². The van der Waals surface area contributed by atoms with Crippen LogP contribution in [0.5, 0.6) is 0 Å². The van der Waals surface area contributed by atoms with Crippen molar-refractivity contribution in [2.75, 3.05) is 26.3 Å². The smallest absolute Gasteiger partial charge is 0.271 e. The van der Waals surface area contributed by atoms with Gasteiger partial charge in [-0.25, -0.2) is 4.98 Å². The number of nitrogens with one attached hydrogen (secondary N) is 2. The lowest BCUT2D eigenvalue weighted by Crippen LogP contribution is -2.48. The molecule has 1 fully saturated rings. The molecule has 1 saturated heterocycles.